The average Bonchev–Trinajstić information content (AvgIpc) is 1.49. The van der Waals surface area contributed by atoms with E-state index in [-0.39, 0.29) is 0 Å². The van der Waals surface area contributed by atoms with Crippen LogP contribution in [-0.2, 0) is 0 Å². The van der Waals surface area contributed by atoms with Gasteiger partial charge in [0.15, 0.2) is 5.57 Å². The van der Waals surface area contributed by atoms with E-state index in [0.717, 1.165) is 0 Å². The summed E-state index contributed by atoms with van der Waals surface area (Å²) in [5.41, 5.74) is -2.66. The van der Waals surface area contributed by atoms with Crippen LogP contribution in [0, 0.1) is 0 Å². The Bertz CT molecular complexity index is 177. The Balaban J connectivity index is 5.13. The van der Waals surface area contributed by atoms with Crippen molar-refractivity contribution in [1.82, 2.24) is 0 Å². The van der Waals surface area contributed by atoms with Crippen LogP contribution in [0.1, 0.15) is 6.92 Å². The van der Waals surface area contributed by atoms with Gasteiger partial charge in [-0.2, -0.15) is 26.3 Å². The van der Waals surface area contributed by atoms with Gasteiger partial charge in [-0.1, -0.05) is 11.6 Å². The second-order valence-electron chi connectivity index (χ2n) is 1.90. The Morgan fingerprint density at radius 3 is 1.17 bits per heavy atom. The molecule has 0 bridgehead atoms. The summed E-state index contributed by atoms with van der Waals surface area (Å²) >= 11 is 4.65. The summed E-state index contributed by atoms with van der Waals surface area (Å²) in [5.74, 6) is 0. The molecule has 0 unspecified atom stereocenters. The highest BCUT2D eigenvalue weighted by Crippen LogP contribution is 2.41. The Kier molecular flexibility index (Phi) is 3.06. The molecule has 0 N–H and O–H groups in total. The Labute approximate surface area is 68.8 Å². The lowest BCUT2D eigenvalue weighted by Crippen LogP contribution is -2.26. The monoisotopic (exact) mass is 212 g/mol. The standard InChI is InChI=1S/C5H3ClF6/c1-2(6)3(4(7,8)9)5(10,11)12/h1H3. The smallest absolute Gasteiger partial charge is 0.166 e. The van der Waals surface area contributed by atoms with E-state index in [1.54, 1.807) is 0 Å². The van der Waals surface area contributed by atoms with Gasteiger partial charge in [-0.3, -0.25) is 0 Å². The molecule has 0 amide bonds. The first-order valence-corrected chi connectivity index (χ1v) is 2.95. The zero-order valence-corrected chi connectivity index (χ0v) is 6.40. The van der Waals surface area contributed by atoms with Gasteiger partial charge in [-0.05, 0) is 6.92 Å². The molecule has 0 heterocycles. The fourth-order valence-corrected chi connectivity index (χ4v) is 0.766. The third kappa shape index (κ3) is 2.92. The molecule has 0 aromatic rings. The van der Waals surface area contributed by atoms with Crippen LogP contribution in [-0.4, -0.2) is 12.4 Å². The second kappa shape index (κ2) is 3.16. The molecular weight excluding hydrogens is 209 g/mol. The first kappa shape index (κ1) is 11.6. The molecule has 0 atom stereocenters. The van der Waals surface area contributed by atoms with Crippen molar-refractivity contribution < 1.29 is 26.3 Å². The Hall–Kier alpha value is -0.390. The van der Waals surface area contributed by atoms with Crippen molar-refractivity contribution >= 4 is 11.6 Å². The molecule has 0 saturated carbocycles. The van der Waals surface area contributed by atoms with Crippen LogP contribution in [0.5, 0.6) is 0 Å². The maximum atomic E-state index is 11.6. The van der Waals surface area contributed by atoms with Gasteiger partial charge in [0.05, 0.1) is 0 Å². The van der Waals surface area contributed by atoms with Crippen LogP contribution in [0.25, 0.3) is 0 Å². The van der Waals surface area contributed by atoms with E-state index in [0.29, 0.717) is 6.92 Å². The van der Waals surface area contributed by atoms with Crippen LogP contribution < -0.4 is 0 Å². The molecule has 72 valence electrons. The predicted molar refractivity (Wildman–Crippen MR) is 30.7 cm³/mol. The molecule has 0 saturated heterocycles. The zero-order chi connectivity index (χ0) is 10.2. The quantitative estimate of drug-likeness (QED) is 0.538. The molecular formula is C5H3ClF6. The van der Waals surface area contributed by atoms with Gasteiger partial charge in [-0.25, -0.2) is 0 Å². The number of hydrogen-bond donors (Lipinski definition) is 0. The SMILES string of the molecule is CC(Cl)=C(C(F)(F)F)C(F)(F)F. The van der Waals surface area contributed by atoms with E-state index in [2.05, 4.69) is 11.6 Å². The minimum absolute atomic E-state index is 0.540. The number of allylic oxidation sites excluding steroid dienone is 2. The minimum Gasteiger partial charge on any atom is -0.166 e. The topological polar surface area (TPSA) is 0 Å². The summed E-state index contributed by atoms with van der Waals surface area (Å²) < 4.78 is 69.6. The molecule has 7 heteroatoms. The molecule has 0 aromatic heterocycles. The summed E-state index contributed by atoms with van der Waals surface area (Å²) in [5, 5.41) is -1.31. The van der Waals surface area contributed by atoms with Crippen molar-refractivity contribution in [2.45, 2.75) is 19.3 Å². The van der Waals surface area contributed by atoms with Gasteiger partial charge < -0.3 is 0 Å². The van der Waals surface area contributed by atoms with Crippen molar-refractivity contribution in [1.29, 1.82) is 0 Å². The van der Waals surface area contributed by atoms with Crippen molar-refractivity contribution in [3.8, 4) is 0 Å². The van der Waals surface area contributed by atoms with E-state index in [1.165, 1.54) is 0 Å². The number of hydrogen-bond acceptors (Lipinski definition) is 0. The lowest BCUT2D eigenvalue weighted by atomic mass is 10.2. The molecule has 12 heavy (non-hydrogen) atoms. The maximum absolute atomic E-state index is 11.6. The highest BCUT2D eigenvalue weighted by atomic mass is 35.5. The fourth-order valence-electron chi connectivity index (χ4n) is 0.551. The number of rotatable bonds is 0. The third-order valence-corrected chi connectivity index (χ3v) is 1.10. The molecule has 0 fully saturated rings. The second-order valence-corrected chi connectivity index (χ2v) is 2.47. The highest BCUT2D eigenvalue weighted by Gasteiger charge is 2.52. The number of alkyl halides is 6. The van der Waals surface area contributed by atoms with Crippen LogP contribution in [0.2, 0.25) is 0 Å². The molecule has 0 aromatic carbocycles. The normalized spacial score (nSPS) is 13.0. The maximum Gasteiger partial charge on any atom is 0.422 e. The number of halogens is 7. The van der Waals surface area contributed by atoms with Gasteiger partial charge in [0.2, 0.25) is 0 Å². The van der Waals surface area contributed by atoms with Gasteiger partial charge in [0, 0.05) is 5.03 Å². The molecule has 0 radical (unpaired) electrons. The zero-order valence-electron chi connectivity index (χ0n) is 5.65. The van der Waals surface area contributed by atoms with Gasteiger partial charge in [-0.15, -0.1) is 0 Å². The van der Waals surface area contributed by atoms with Gasteiger partial charge in [0.25, 0.3) is 0 Å². The van der Waals surface area contributed by atoms with Crippen LogP contribution in [0.4, 0.5) is 26.3 Å². The largest absolute Gasteiger partial charge is 0.422 e. The first-order chi connectivity index (χ1) is 5.07. The van der Waals surface area contributed by atoms with Crippen LogP contribution in [0.15, 0.2) is 10.6 Å². The van der Waals surface area contributed by atoms with Crippen LogP contribution in [0.3, 0.4) is 0 Å². The predicted octanol–water partition coefficient (Wildman–Crippen LogP) is 3.62. The van der Waals surface area contributed by atoms with Gasteiger partial charge in [0.1, 0.15) is 0 Å². The van der Waals surface area contributed by atoms with Crippen molar-refractivity contribution in [2.24, 2.45) is 0 Å². The molecule has 0 spiro atoms. The van der Waals surface area contributed by atoms with E-state index < -0.39 is 23.0 Å². The van der Waals surface area contributed by atoms with E-state index in [1.807, 2.05) is 0 Å². The summed E-state index contributed by atoms with van der Waals surface area (Å²) in [6.45, 7) is 0.540. The lowest BCUT2D eigenvalue weighted by Gasteiger charge is -2.15. The van der Waals surface area contributed by atoms with Crippen LogP contribution >= 0.6 is 11.6 Å². The molecule has 0 rings (SSSR count). The summed E-state index contributed by atoms with van der Waals surface area (Å²) in [6, 6.07) is 0. The fraction of sp³-hybridized carbons (Fsp3) is 0.600. The summed E-state index contributed by atoms with van der Waals surface area (Å²) in [6.07, 6.45) is -10.9. The van der Waals surface area contributed by atoms with Crippen molar-refractivity contribution in [3.05, 3.63) is 10.6 Å². The minimum atomic E-state index is -5.45. The summed E-state index contributed by atoms with van der Waals surface area (Å²) in [7, 11) is 0. The molecule has 0 aliphatic heterocycles. The Morgan fingerprint density at radius 2 is 1.17 bits per heavy atom. The third-order valence-electron chi connectivity index (χ3n) is 0.911. The Morgan fingerprint density at radius 1 is 0.917 bits per heavy atom. The van der Waals surface area contributed by atoms with Crippen molar-refractivity contribution in [3.63, 3.8) is 0 Å². The molecule has 0 nitrogen and oxygen atoms in total. The van der Waals surface area contributed by atoms with E-state index >= 15 is 0 Å². The average molecular weight is 213 g/mol. The van der Waals surface area contributed by atoms with E-state index in [4.69, 9.17) is 0 Å². The lowest BCUT2D eigenvalue weighted by molar-refractivity contribution is -0.172. The summed E-state index contributed by atoms with van der Waals surface area (Å²) in [4.78, 5) is 0. The first-order valence-electron chi connectivity index (χ1n) is 2.57. The van der Waals surface area contributed by atoms with E-state index in [9.17, 15) is 26.3 Å². The van der Waals surface area contributed by atoms with Crippen molar-refractivity contribution in [2.75, 3.05) is 0 Å². The van der Waals surface area contributed by atoms with Gasteiger partial charge >= 0.3 is 12.4 Å². The molecule has 0 aliphatic carbocycles. The highest BCUT2D eigenvalue weighted by molar-refractivity contribution is 6.29. The molecule has 0 aliphatic rings.